The Kier molecular flexibility index (Phi) is 3.57. The normalized spacial score (nSPS) is 11.1. The van der Waals surface area contributed by atoms with E-state index in [0.717, 1.165) is 0 Å². The standard InChI is InChI=1S/C12H16N4O2/c1-8(2)12(17)13-9-5-4-6-16-11(9)14-10(15-16)7-18-3/h4-6,8H,7H2,1-3H3,(H,13,17). The molecule has 2 rings (SSSR count). The zero-order chi connectivity index (χ0) is 13.1. The molecule has 0 atom stereocenters. The lowest BCUT2D eigenvalue weighted by molar-refractivity contribution is -0.118. The van der Waals surface area contributed by atoms with Gasteiger partial charge in [-0.3, -0.25) is 4.79 Å². The number of methoxy groups -OCH3 is 1. The monoisotopic (exact) mass is 248 g/mol. The van der Waals surface area contributed by atoms with Crippen LogP contribution in [0.3, 0.4) is 0 Å². The number of ether oxygens (including phenoxy) is 1. The number of amides is 1. The van der Waals surface area contributed by atoms with Gasteiger partial charge in [0, 0.05) is 19.2 Å². The number of nitrogens with zero attached hydrogens (tertiary/aromatic N) is 3. The van der Waals surface area contributed by atoms with E-state index in [9.17, 15) is 4.79 Å². The zero-order valence-corrected chi connectivity index (χ0v) is 10.7. The summed E-state index contributed by atoms with van der Waals surface area (Å²) in [6.45, 7) is 4.03. The maximum Gasteiger partial charge on any atom is 0.227 e. The van der Waals surface area contributed by atoms with Crippen molar-refractivity contribution in [2.24, 2.45) is 5.92 Å². The molecule has 0 aliphatic rings. The van der Waals surface area contributed by atoms with Gasteiger partial charge in [-0.1, -0.05) is 13.8 Å². The molecular weight excluding hydrogens is 232 g/mol. The van der Waals surface area contributed by atoms with Crippen LogP contribution in [-0.2, 0) is 16.1 Å². The van der Waals surface area contributed by atoms with Crippen molar-refractivity contribution >= 4 is 17.2 Å². The average molecular weight is 248 g/mol. The SMILES string of the molecule is COCc1nc2c(NC(=O)C(C)C)cccn2n1. The van der Waals surface area contributed by atoms with Gasteiger partial charge < -0.3 is 10.1 Å². The van der Waals surface area contributed by atoms with E-state index in [-0.39, 0.29) is 11.8 Å². The number of nitrogens with one attached hydrogen (secondary N) is 1. The van der Waals surface area contributed by atoms with Crippen LogP contribution in [0.15, 0.2) is 18.3 Å². The maximum absolute atomic E-state index is 11.7. The molecule has 2 aromatic rings. The van der Waals surface area contributed by atoms with Crippen LogP contribution in [0.4, 0.5) is 5.69 Å². The van der Waals surface area contributed by atoms with Crippen LogP contribution in [0, 0.1) is 5.92 Å². The third-order valence-electron chi connectivity index (χ3n) is 2.46. The first-order valence-electron chi connectivity index (χ1n) is 5.76. The molecule has 0 radical (unpaired) electrons. The zero-order valence-electron chi connectivity index (χ0n) is 10.7. The van der Waals surface area contributed by atoms with Gasteiger partial charge in [-0.25, -0.2) is 9.50 Å². The summed E-state index contributed by atoms with van der Waals surface area (Å²) in [6, 6.07) is 3.62. The highest BCUT2D eigenvalue weighted by Crippen LogP contribution is 2.15. The van der Waals surface area contributed by atoms with Crippen LogP contribution in [0.25, 0.3) is 5.65 Å². The molecule has 0 spiro atoms. The average Bonchev–Trinajstić information content (AvgIpc) is 2.73. The summed E-state index contributed by atoms with van der Waals surface area (Å²) in [5, 5.41) is 7.08. The number of carbonyl (C=O) groups is 1. The fourth-order valence-electron chi connectivity index (χ4n) is 1.52. The first kappa shape index (κ1) is 12.5. The summed E-state index contributed by atoms with van der Waals surface area (Å²) in [5.41, 5.74) is 1.28. The van der Waals surface area contributed by atoms with Crippen LogP contribution in [0.1, 0.15) is 19.7 Å². The van der Waals surface area contributed by atoms with Crippen molar-refractivity contribution in [1.82, 2.24) is 14.6 Å². The lowest BCUT2D eigenvalue weighted by Gasteiger charge is -2.07. The van der Waals surface area contributed by atoms with Crippen molar-refractivity contribution in [2.75, 3.05) is 12.4 Å². The highest BCUT2D eigenvalue weighted by Gasteiger charge is 2.12. The van der Waals surface area contributed by atoms with E-state index in [1.54, 1.807) is 23.9 Å². The molecule has 0 fully saturated rings. The van der Waals surface area contributed by atoms with Crippen molar-refractivity contribution in [3.63, 3.8) is 0 Å². The fourth-order valence-corrected chi connectivity index (χ4v) is 1.52. The van der Waals surface area contributed by atoms with Gasteiger partial charge in [0.05, 0.1) is 5.69 Å². The molecule has 96 valence electrons. The Morgan fingerprint density at radius 2 is 2.33 bits per heavy atom. The van der Waals surface area contributed by atoms with E-state index >= 15 is 0 Å². The highest BCUT2D eigenvalue weighted by molar-refractivity contribution is 5.95. The summed E-state index contributed by atoms with van der Waals surface area (Å²) in [5.74, 6) is 0.467. The van der Waals surface area contributed by atoms with E-state index in [0.29, 0.717) is 23.8 Å². The van der Waals surface area contributed by atoms with Crippen LogP contribution >= 0.6 is 0 Å². The Morgan fingerprint density at radius 3 is 3.00 bits per heavy atom. The van der Waals surface area contributed by atoms with E-state index in [1.807, 2.05) is 19.9 Å². The van der Waals surface area contributed by atoms with Crippen molar-refractivity contribution in [1.29, 1.82) is 0 Å². The Labute approximate surface area is 105 Å². The van der Waals surface area contributed by atoms with Gasteiger partial charge in [-0.05, 0) is 12.1 Å². The van der Waals surface area contributed by atoms with E-state index in [4.69, 9.17) is 4.74 Å². The van der Waals surface area contributed by atoms with E-state index in [1.165, 1.54) is 0 Å². The number of anilines is 1. The second-order valence-electron chi connectivity index (χ2n) is 4.30. The number of aromatic nitrogens is 3. The molecule has 0 aliphatic carbocycles. The second kappa shape index (κ2) is 5.14. The molecule has 0 aromatic carbocycles. The summed E-state index contributed by atoms with van der Waals surface area (Å²) in [4.78, 5) is 16.0. The molecule has 0 saturated carbocycles. The first-order chi connectivity index (χ1) is 8.61. The molecule has 1 amide bonds. The minimum absolute atomic E-state index is 0.0422. The summed E-state index contributed by atoms with van der Waals surface area (Å²) in [6.07, 6.45) is 1.78. The number of hydrogen-bond acceptors (Lipinski definition) is 4. The van der Waals surface area contributed by atoms with Crippen LogP contribution in [0.2, 0.25) is 0 Å². The molecule has 6 nitrogen and oxygen atoms in total. The molecule has 0 unspecified atom stereocenters. The van der Waals surface area contributed by atoms with Gasteiger partial charge in [0.2, 0.25) is 5.91 Å². The molecule has 6 heteroatoms. The van der Waals surface area contributed by atoms with Gasteiger partial charge in [0.1, 0.15) is 6.61 Å². The molecule has 2 heterocycles. The Bertz CT molecular complexity index is 562. The van der Waals surface area contributed by atoms with Gasteiger partial charge in [-0.15, -0.1) is 5.10 Å². The van der Waals surface area contributed by atoms with Crippen LogP contribution in [0.5, 0.6) is 0 Å². The lowest BCUT2D eigenvalue weighted by Crippen LogP contribution is -2.18. The van der Waals surface area contributed by atoms with E-state index < -0.39 is 0 Å². The number of fused-ring (bicyclic) bond motifs is 1. The number of rotatable bonds is 4. The Hall–Kier alpha value is -1.95. The fraction of sp³-hybridized carbons (Fsp3) is 0.417. The van der Waals surface area contributed by atoms with Crippen molar-refractivity contribution < 1.29 is 9.53 Å². The van der Waals surface area contributed by atoms with Crippen molar-refractivity contribution in [3.05, 3.63) is 24.2 Å². The second-order valence-corrected chi connectivity index (χ2v) is 4.30. The van der Waals surface area contributed by atoms with Gasteiger partial charge in [0.25, 0.3) is 0 Å². The maximum atomic E-state index is 11.7. The van der Waals surface area contributed by atoms with Gasteiger partial charge in [-0.2, -0.15) is 0 Å². The smallest absolute Gasteiger partial charge is 0.227 e. The van der Waals surface area contributed by atoms with Crippen LogP contribution < -0.4 is 5.32 Å². The molecule has 18 heavy (non-hydrogen) atoms. The Balaban J connectivity index is 2.35. The molecule has 2 aromatic heterocycles. The largest absolute Gasteiger partial charge is 0.377 e. The van der Waals surface area contributed by atoms with E-state index in [2.05, 4.69) is 15.4 Å². The number of hydrogen-bond donors (Lipinski definition) is 1. The minimum Gasteiger partial charge on any atom is -0.377 e. The summed E-state index contributed by atoms with van der Waals surface area (Å²) >= 11 is 0. The third-order valence-corrected chi connectivity index (χ3v) is 2.46. The van der Waals surface area contributed by atoms with Gasteiger partial charge >= 0.3 is 0 Å². The lowest BCUT2D eigenvalue weighted by atomic mass is 10.2. The predicted molar refractivity (Wildman–Crippen MR) is 67.2 cm³/mol. The molecule has 0 saturated heterocycles. The molecule has 0 aliphatic heterocycles. The Morgan fingerprint density at radius 1 is 1.56 bits per heavy atom. The van der Waals surface area contributed by atoms with Crippen molar-refractivity contribution in [2.45, 2.75) is 20.5 Å². The van der Waals surface area contributed by atoms with Gasteiger partial charge in [0.15, 0.2) is 11.5 Å². The number of pyridine rings is 1. The molecule has 0 bridgehead atoms. The molecule has 1 N–H and O–H groups in total. The van der Waals surface area contributed by atoms with Crippen LogP contribution in [-0.4, -0.2) is 27.6 Å². The first-order valence-corrected chi connectivity index (χ1v) is 5.76. The van der Waals surface area contributed by atoms with Crippen molar-refractivity contribution in [3.8, 4) is 0 Å². The minimum atomic E-state index is -0.0772. The predicted octanol–water partition coefficient (Wildman–Crippen LogP) is 1.47. The summed E-state index contributed by atoms with van der Waals surface area (Å²) in [7, 11) is 1.59. The number of carbonyl (C=O) groups excluding carboxylic acids is 1. The molecular formula is C12H16N4O2. The topological polar surface area (TPSA) is 68.5 Å². The highest BCUT2D eigenvalue weighted by atomic mass is 16.5. The quantitative estimate of drug-likeness (QED) is 0.889. The third kappa shape index (κ3) is 2.48. The summed E-state index contributed by atoms with van der Waals surface area (Å²) < 4.78 is 6.62.